The van der Waals surface area contributed by atoms with Crippen LogP contribution in [-0.2, 0) is 11.3 Å². The maximum absolute atomic E-state index is 10.9. The monoisotopic (exact) mass is 325 g/mol. The van der Waals surface area contributed by atoms with Crippen LogP contribution in [0.4, 0.5) is 0 Å². The summed E-state index contributed by atoms with van der Waals surface area (Å²) in [5.41, 5.74) is 3.63. The first-order valence-corrected chi connectivity index (χ1v) is 7.48. The first kappa shape index (κ1) is 19.0. The van der Waals surface area contributed by atoms with E-state index >= 15 is 0 Å². The highest BCUT2D eigenvalue weighted by Gasteiger charge is 2.03. The van der Waals surface area contributed by atoms with E-state index in [0.29, 0.717) is 18.0 Å². The van der Waals surface area contributed by atoms with Gasteiger partial charge in [0.2, 0.25) is 5.91 Å². The average Bonchev–Trinajstić information content (AvgIpc) is 2.58. The molecule has 0 aliphatic heterocycles. The quantitative estimate of drug-likeness (QED) is 0.748. The van der Waals surface area contributed by atoms with Crippen molar-refractivity contribution in [3.8, 4) is 11.5 Å². The topological polar surface area (TPSA) is 69.6 Å². The number of rotatable bonds is 4. The lowest BCUT2D eigenvalue weighted by molar-refractivity contribution is -0.116. The van der Waals surface area contributed by atoms with E-state index in [1.54, 1.807) is 18.2 Å². The van der Waals surface area contributed by atoms with Crippen LogP contribution in [-0.4, -0.2) is 16.1 Å². The van der Waals surface area contributed by atoms with Gasteiger partial charge in [-0.15, -0.1) is 0 Å². The average molecular weight is 325 g/mol. The third-order valence-corrected chi connectivity index (χ3v) is 3.33. The summed E-state index contributed by atoms with van der Waals surface area (Å²) < 4.78 is 0. The summed E-state index contributed by atoms with van der Waals surface area (Å²) in [6.45, 7) is 11.1. The molecule has 0 saturated carbocycles. The lowest BCUT2D eigenvalue weighted by Crippen LogP contribution is -2.20. The number of nitrogens with one attached hydrogen (secondary N) is 1. The van der Waals surface area contributed by atoms with E-state index in [1.807, 2.05) is 38.1 Å². The van der Waals surface area contributed by atoms with Crippen molar-refractivity contribution in [2.45, 2.75) is 20.4 Å². The Morgan fingerprint density at radius 3 is 2.08 bits per heavy atom. The second-order valence-corrected chi connectivity index (χ2v) is 5.30. The van der Waals surface area contributed by atoms with Crippen molar-refractivity contribution in [3.63, 3.8) is 0 Å². The first-order valence-electron chi connectivity index (χ1n) is 7.48. The minimum absolute atomic E-state index is 0.196. The maximum atomic E-state index is 10.9. The van der Waals surface area contributed by atoms with Crippen molar-refractivity contribution in [1.82, 2.24) is 5.32 Å². The molecule has 0 bridgehead atoms. The lowest BCUT2D eigenvalue weighted by atomic mass is 10.1. The van der Waals surface area contributed by atoms with E-state index in [4.69, 9.17) is 5.11 Å². The lowest BCUT2D eigenvalue weighted by Gasteiger charge is -2.08. The summed E-state index contributed by atoms with van der Waals surface area (Å²) in [4.78, 5) is 10.9. The SMILES string of the molecule is C=CC(=O)NCc1cc(C)c(O)c(C)c1.C=Cc1ccc(O)cc1. The molecule has 0 saturated heterocycles. The number of carbonyl (C=O) groups is 1. The Bertz CT molecular complexity index is 695. The summed E-state index contributed by atoms with van der Waals surface area (Å²) >= 11 is 0. The molecule has 0 aromatic heterocycles. The molecular formula is C20H23NO3. The van der Waals surface area contributed by atoms with Gasteiger partial charge in [-0.05, 0) is 54.3 Å². The first-order chi connectivity index (χ1) is 11.4. The van der Waals surface area contributed by atoms with E-state index < -0.39 is 0 Å². The van der Waals surface area contributed by atoms with Gasteiger partial charge in [0.1, 0.15) is 11.5 Å². The van der Waals surface area contributed by atoms with Crippen molar-refractivity contribution in [1.29, 1.82) is 0 Å². The van der Waals surface area contributed by atoms with Gasteiger partial charge in [0, 0.05) is 6.54 Å². The molecule has 0 aliphatic carbocycles. The Morgan fingerprint density at radius 2 is 1.62 bits per heavy atom. The largest absolute Gasteiger partial charge is 0.508 e. The van der Waals surface area contributed by atoms with Crippen LogP contribution in [0.25, 0.3) is 6.08 Å². The Hall–Kier alpha value is -3.01. The normalized spacial score (nSPS) is 9.42. The second kappa shape index (κ2) is 9.20. The van der Waals surface area contributed by atoms with Gasteiger partial charge in [-0.2, -0.15) is 0 Å². The fourth-order valence-electron chi connectivity index (χ4n) is 2.02. The molecule has 0 heterocycles. The number of aromatic hydroxyl groups is 2. The van der Waals surface area contributed by atoms with Crippen LogP contribution in [0.5, 0.6) is 11.5 Å². The summed E-state index contributed by atoms with van der Waals surface area (Å²) in [6, 6.07) is 10.6. The van der Waals surface area contributed by atoms with Crippen molar-refractivity contribution in [2.75, 3.05) is 0 Å². The molecule has 0 fully saturated rings. The minimum atomic E-state index is -0.196. The van der Waals surface area contributed by atoms with Gasteiger partial charge < -0.3 is 15.5 Å². The Balaban J connectivity index is 0.000000272. The molecule has 3 N–H and O–H groups in total. The molecule has 0 unspecified atom stereocenters. The van der Waals surface area contributed by atoms with Gasteiger partial charge in [0.05, 0.1) is 0 Å². The van der Waals surface area contributed by atoms with Crippen LogP contribution in [0.15, 0.2) is 55.6 Å². The van der Waals surface area contributed by atoms with Gasteiger partial charge in [-0.1, -0.05) is 43.5 Å². The number of phenols is 2. The van der Waals surface area contributed by atoms with Crippen molar-refractivity contribution in [2.24, 2.45) is 0 Å². The number of amides is 1. The Morgan fingerprint density at radius 1 is 1.08 bits per heavy atom. The highest BCUT2D eigenvalue weighted by atomic mass is 16.3. The number of phenolic OH excluding ortho intramolecular Hbond substituents is 2. The fraction of sp³-hybridized carbons (Fsp3) is 0.150. The highest BCUT2D eigenvalue weighted by Crippen LogP contribution is 2.22. The molecule has 2 rings (SSSR count). The van der Waals surface area contributed by atoms with Gasteiger partial charge >= 0.3 is 0 Å². The predicted molar refractivity (Wildman–Crippen MR) is 97.8 cm³/mol. The third kappa shape index (κ3) is 6.01. The smallest absolute Gasteiger partial charge is 0.243 e. The number of hydrogen-bond acceptors (Lipinski definition) is 3. The third-order valence-electron chi connectivity index (χ3n) is 3.33. The number of carbonyl (C=O) groups excluding carboxylic acids is 1. The minimum Gasteiger partial charge on any atom is -0.508 e. The van der Waals surface area contributed by atoms with Gasteiger partial charge in [0.25, 0.3) is 0 Å². The van der Waals surface area contributed by atoms with Crippen LogP contribution in [0, 0.1) is 13.8 Å². The Labute approximate surface area is 142 Å². The van der Waals surface area contributed by atoms with E-state index in [1.165, 1.54) is 6.08 Å². The van der Waals surface area contributed by atoms with Crippen LogP contribution in [0.2, 0.25) is 0 Å². The zero-order chi connectivity index (χ0) is 18.1. The molecular weight excluding hydrogens is 302 g/mol. The number of aryl methyl sites for hydroxylation is 2. The van der Waals surface area contributed by atoms with Crippen molar-refractivity contribution in [3.05, 3.63) is 77.9 Å². The van der Waals surface area contributed by atoms with Gasteiger partial charge in [-0.3, -0.25) is 4.79 Å². The van der Waals surface area contributed by atoms with E-state index in [-0.39, 0.29) is 5.91 Å². The number of benzene rings is 2. The molecule has 4 heteroatoms. The molecule has 0 aliphatic rings. The van der Waals surface area contributed by atoms with E-state index in [0.717, 1.165) is 22.3 Å². The standard InChI is InChI=1S/C12H15NO2.C8H8O/c1-4-11(14)13-7-10-5-8(2)12(15)9(3)6-10;1-2-7-3-5-8(9)6-4-7/h4-6,15H,1,7H2,2-3H3,(H,13,14);2-6,9H,1H2. The molecule has 2 aromatic carbocycles. The van der Waals surface area contributed by atoms with Crippen molar-refractivity contribution < 1.29 is 15.0 Å². The van der Waals surface area contributed by atoms with Gasteiger partial charge in [0.15, 0.2) is 0 Å². The van der Waals surface area contributed by atoms with E-state index in [2.05, 4.69) is 18.5 Å². The molecule has 0 atom stereocenters. The van der Waals surface area contributed by atoms with Crippen LogP contribution in [0.3, 0.4) is 0 Å². The fourth-order valence-corrected chi connectivity index (χ4v) is 2.02. The second-order valence-electron chi connectivity index (χ2n) is 5.30. The summed E-state index contributed by atoms with van der Waals surface area (Å²) in [7, 11) is 0. The van der Waals surface area contributed by atoms with Crippen LogP contribution in [0.1, 0.15) is 22.3 Å². The summed E-state index contributed by atoms with van der Waals surface area (Å²) in [5, 5.41) is 21.1. The molecule has 0 radical (unpaired) electrons. The Kier molecular flexibility index (Phi) is 7.30. The van der Waals surface area contributed by atoms with Crippen molar-refractivity contribution >= 4 is 12.0 Å². The molecule has 0 spiro atoms. The zero-order valence-electron chi connectivity index (χ0n) is 14.0. The summed E-state index contributed by atoms with van der Waals surface area (Å²) in [6.07, 6.45) is 2.97. The van der Waals surface area contributed by atoms with Crippen LogP contribution >= 0.6 is 0 Å². The molecule has 4 nitrogen and oxygen atoms in total. The molecule has 1 amide bonds. The molecule has 24 heavy (non-hydrogen) atoms. The predicted octanol–water partition coefficient (Wildman–Crippen LogP) is 3.85. The maximum Gasteiger partial charge on any atom is 0.243 e. The molecule has 2 aromatic rings. The zero-order valence-corrected chi connectivity index (χ0v) is 14.0. The van der Waals surface area contributed by atoms with Gasteiger partial charge in [-0.25, -0.2) is 0 Å². The van der Waals surface area contributed by atoms with E-state index in [9.17, 15) is 9.90 Å². The molecule has 126 valence electrons. The highest BCUT2D eigenvalue weighted by molar-refractivity contribution is 5.86. The summed E-state index contributed by atoms with van der Waals surface area (Å²) in [5.74, 6) is 0.410. The number of hydrogen-bond donors (Lipinski definition) is 3. The van der Waals surface area contributed by atoms with Crippen LogP contribution < -0.4 is 5.32 Å².